The fourth-order valence-corrected chi connectivity index (χ4v) is 2.80. The van der Waals surface area contributed by atoms with Crippen LogP contribution in [0.2, 0.25) is 5.02 Å². The highest BCUT2D eigenvalue weighted by Crippen LogP contribution is 2.28. The summed E-state index contributed by atoms with van der Waals surface area (Å²) in [5.74, 6) is 0.550. The first-order valence-electron chi connectivity index (χ1n) is 7.02. The molecule has 3 rings (SSSR count). The van der Waals surface area contributed by atoms with Gasteiger partial charge in [-0.25, -0.2) is 9.59 Å². The number of nitrogens with one attached hydrogen (secondary N) is 2. The first-order valence-corrected chi connectivity index (χ1v) is 7.40. The van der Waals surface area contributed by atoms with E-state index in [-0.39, 0.29) is 18.1 Å². The van der Waals surface area contributed by atoms with Gasteiger partial charge in [-0.1, -0.05) is 11.6 Å². The van der Waals surface area contributed by atoms with Crippen LogP contribution >= 0.6 is 11.6 Å². The highest BCUT2D eigenvalue weighted by atomic mass is 35.5. The molecule has 8 heteroatoms. The Labute approximate surface area is 133 Å². The predicted molar refractivity (Wildman–Crippen MR) is 82.5 cm³/mol. The Balaban J connectivity index is 1.58. The molecule has 0 aliphatic carbocycles. The molecule has 2 fully saturated rings. The topological polar surface area (TPSA) is 73.9 Å². The van der Waals surface area contributed by atoms with E-state index in [9.17, 15) is 9.59 Å². The van der Waals surface area contributed by atoms with Crippen molar-refractivity contribution in [1.29, 1.82) is 0 Å². The van der Waals surface area contributed by atoms with Crippen LogP contribution in [-0.4, -0.2) is 61.2 Å². The number of ether oxygens (including phenoxy) is 1. The average molecular weight is 325 g/mol. The quantitative estimate of drug-likeness (QED) is 0.886. The monoisotopic (exact) mass is 324 g/mol. The van der Waals surface area contributed by atoms with E-state index in [1.807, 2.05) is 0 Å². The lowest BCUT2D eigenvalue weighted by atomic mass is 10.1. The van der Waals surface area contributed by atoms with Gasteiger partial charge in [0.15, 0.2) is 0 Å². The van der Waals surface area contributed by atoms with Gasteiger partial charge in [0.25, 0.3) is 0 Å². The summed E-state index contributed by atoms with van der Waals surface area (Å²) >= 11 is 5.94. The van der Waals surface area contributed by atoms with Gasteiger partial charge >= 0.3 is 12.1 Å². The molecule has 118 valence electrons. The number of rotatable bonds is 3. The Morgan fingerprint density at radius 1 is 1.45 bits per heavy atom. The average Bonchev–Trinajstić information content (AvgIpc) is 2.84. The Morgan fingerprint density at radius 3 is 2.86 bits per heavy atom. The molecule has 1 aromatic rings. The molecule has 0 bridgehead atoms. The van der Waals surface area contributed by atoms with Crippen molar-refractivity contribution in [2.75, 3.05) is 38.6 Å². The minimum Gasteiger partial charge on any atom is -0.495 e. The molecule has 0 unspecified atom stereocenters. The highest BCUT2D eigenvalue weighted by Gasteiger charge is 2.38. The second kappa shape index (κ2) is 5.92. The van der Waals surface area contributed by atoms with Crippen molar-refractivity contribution < 1.29 is 14.3 Å². The van der Waals surface area contributed by atoms with E-state index in [4.69, 9.17) is 16.3 Å². The fourth-order valence-electron chi connectivity index (χ4n) is 2.63. The standard InChI is InChI=1S/C14H17ClN4O3/c1-22-12-3-2-9(15)6-11(12)17-14(21)18-7-10(8-18)19-5-4-16-13(19)20/h2-3,6,10H,4-5,7-8H2,1H3,(H,16,20)(H,17,21). The van der Waals surface area contributed by atoms with E-state index < -0.39 is 0 Å². The molecule has 0 spiro atoms. The summed E-state index contributed by atoms with van der Waals surface area (Å²) < 4.78 is 5.20. The summed E-state index contributed by atoms with van der Waals surface area (Å²) in [7, 11) is 1.53. The maximum absolute atomic E-state index is 12.2. The van der Waals surface area contributed by atoms with Crippen LogP contribution in [0.4, 0.5) is 15.3 Å². The van der Waals surface area contributed by atoms with E-state index in [2.05, 4.69) is 10.6 Å². The number of halogens is 1. The van der Waals surface area contributed by atoms with Crippen LogP contribution in [-0.2, 0) is 0 Å². The number of methoxy groups -OCH3 is 1. The van der Waals surface area contributed by atoms with Crippen LogP contribution in [0.3, 0.4) is 0 Å². The van der Waals surface area contributed by atoms with Gasteiger partial charge in [-0.3, -0.25) is 0 Å². The van der Waals surface area contributed by atoms with E-state index in [0.29, 0.717) is 42.6 Å². The van der Waals surface area contributed by atoms with Gasteiger partial charge in [0.1, 0.15) is 5.75 Å². The number of carbonyl (C=O) groups is 2. The maximum atomic E-state index is 12.2. The highest BCUT2D eigenvalue weighted by molar-refractivity contribution is 6.31. The van der Waals surface area contributed by atoms with Crippen LogP contribution in [0.5, 0.6) is 5.75 Å². The van der Waals surface area contributed by atoms with E-state index in [0.717, 1.165) is 0 Å². The third-order valence-electron chi connectivity index (χ3n) is 3.88. The number of hydrogen-bond donors (Lipinski definition) is 2. The van der Waals surface area contributed by atoms with Crippen molar-refractivity contribution in [2.45, 2.75) is 6.04 Å². The third-order valence-corrected chi connectivity index (χ3v) is 4.12. The first-order chi connectivity index (χ1) is 10.6. The van der Waals surface area contributed by atoms with Gasteiger partial charge in [-0.05, 0) is 18.2 Å². The summed E-state index contributed by atoms with van der Waals surface area (Å²) in [4.78, 5) is 27.2. The van der Waals surface area contributed by atoms with Gasteiger partial charge in [0.2, 0.25) is 0 Å². The molecule has 1 aromatic carbocycles. The number of carbonyl (C=O) groups excluding carboxylic acids is 2. The zero-order valence-electron chi connectivity index (χ0n) is 12.1. The molecular formula is C14H17ClN4O3. The Hall–Kier alpha value is -2.15. The molecule has 0 radical (unpaired) electrons. The lowest BCUT2D eigenvalue weighted by molar-refractivity contribution is 0.0922. The van der Waals surface area contributed by atoms with Crippen LogP contribution in [0.25, 0.3) is 0 Å². The Bertz CT molecular complexity index is 604. The predicted octanol–water partition coefficient (Wildman–Crippen LogP) is 1.59. The molecule has 2 aliphatic heterocycles. The minimum absolute atomic E-state index is 0.0541. The molecule has 2 aliphatic rings. The normalized spacial score (nSPS) is 18.0. The molecule has 0 atom stereocenters. The third kappa shape index (κ3) is 2.76. The van der Waals surface area contributed by atoms with Crippen molar-refractivity contribution >= 4 is 29.4 Å². The Morgan fingerprint density at radius 2 is 2.23 bits per heavy atom. The van der Waals surface area contributed by atoms with Gasteiger partial charge in [0, 0.05) is 31.2 Å². The van der Waals surface area contributed by atoms with Crippen molar-refractivity contribution in [1.82, 2.24) is 15.1 Å². The molecule has 4 amide bonds. The number of nitrogens with zero attached hydrogens (tertiary/aromatic N) is 2. The molecule has 0 saturated carbocycles. The number of hydrogen-bond acceptors (Lipinski definition) is 3. The molecule has 0 aromatic heterocycles. The second-order valence-corrected chi connectivity index (χ2v) is 5.70. The van der Waals surface area contributed by atoms with Crippen molar-refractivity contribution in [3.05, 3.63) is 23.2 Å². The van der Waals surface area contributed by atoms with E-state index in [1.54, 1.807) is 28.0 Å². The largest absolute Gasteiger partial charge is 0.495 e. The van der Waals surface area contributed by atoms with Crippen LogP contribution in [0.1, 0.15) is 0 Å². The summed E-state index contributed by atoms with van der Waals surface area (Å²) in [6.07, 6.45) is 0. The smallest absolute Gasteiger partial charge is 0.322 e. The molecule has 2 heterocycles. The van der Waals surface area contributed by atoms with Crippen LogP contribution in [0, 0.1) is 0 Å². The lowest BCUT2D eigenvalue weighted by Crippen LogP contribution is -2.62. The van der Waals surface area contributed by atoms with Crippen molar-refractivity contribution in [3.63, 3.8) is 0 Å². The van der Waals surface area contributed by atoms with Crippen molar-refractivity contribution in [2.24, 2.45) is 0 Å². The number of likely N-dealkylation sites (tertiary alicyclic amines) is 1. The van der Waals surface area contributed by atoms with E-state index >= 15 is 0 Å². The van der Waals surface area contributed by atoms with E-state index in [1.165, 1.54) is 7.11 Å². The number of anilines is 1. The first kappa shape index (κ1) is 14.8. The summed E-state index contributed by atoms with van der Waals surface area (Å²) in [5.41, 5.74) is 0.530. The van der Waals surface area contributed by atoms with Crippen LogP contribution < -0.4 is 15.4 Å². The van der Waals surface area contributed by atoms with Gasteiger partial charge in [-0.2, -0.15) is 0 Å². The molecule has 2 N–H and O–H groups in total. The molecule has 22 heavy (non-hydrogen) atoms. The summed E-state index contributed by atoms with van der Waals surface area (Å²) in [5, 5.41) is 6.07. The molecular weight excluding hydrogens is 308 g/mol. The molecule has 7 nitrogen and oxygen atoms in total. The second-order valence-electron chi connectivity index (χ2n) is 5.26. The fraction of sp³-hybridized carbons (Fsp3) is 0.429. The van der Waals surface area contributed by atoms with Gasteiger partial charge in [-0.15, -0.1) is 0 Å². The van der Waals surface area contributed by atoms with Crippen LogP contribution in [0.15, 0.2) is 18.2 Å². The van der Waals surface area contributed by atoms with Crippen molar-refractivity contribution in [3.8, 4) is 5.75 Å². The van der Waals surface area contributed by atoms with Gasteiger partial charge in [0.05, 0.1) is 18.8 Å². The summed E-state index contributed by atoms with van der Waals surface area (Å²) in [6.45, 7) is 2.42. The number of urea groups is 2. The zero-order valence-corrected chi connectivity index (χ0v) is 12.9. The SMILES string of the molecule is COc1ccc(Cl)cc1NC(=O)N1CC(N2CCNC2=O)C1. The number of benzene rings is 1. The number of amides is 4. The Kier molecular flexibility index (Phi) is 3.98. The minimum atomic E-state index is -0.226. The summed E-state index contributed by atoms with van der Waals surface area (Å²) in [6, 6.07) is 4.85. The zero-order chi connectivity index (χ0) is 15.7. The van der Waals surface area contributed by atoms with Gasteiger partial charge < -0.3 is 25.2 Å². The molecule has 2 saturated heterocycles. The maximum Gasteiger partial charge on any atom is 0.322 e. The lowest BCUT2D eigenvalue weighted by Gasteiger charge is -2.43.